The number of aliphatic carboxylic acids is 1. The highest BCUT2D eigenvalue weighted by atomic mass is 19.4. The van der Waals surface area contributed by atoms with Crippen molar-refractivity contribution < 1.29 is 36.6 Å². The predicted octanol–water partition coefficient (Wildman–Crippen LogP) is 2.91. The topological polar surface area (TPSA) is 66.4 Å². The first-order valence-electron chi connectivity index (χ1n) is 7.11. The van der Waals surface area contributed by atoms with Gasteiger partial charge in [-0.05, 0) is 18.9 Å². The fourth-order valence-corrected chi connectivity index (χ4v) is 2.75. The van der Waals surface area contributed by atoms with E-state index in [1.54, 1.807) is 0 Å². The van der Waals surface area contributed by atoms with Gasteiger partial charge in [0.05, 0.1) is 11.8 Å². The lowest BCUT2D eigenvalue weighted by molar-refractivity contribution is -0.161. The van der Waals surface area contributed by atoms with E-state index in [0.29, 0.717) is 12.5 Å². The fraction of sp³-hybridized carbons (Fsp3) is 0.467. The third kappa shape index (κ3) is 3.65. The van der Waals surface area contributed by atoms with Crippen molar-refractivity contribution in [3.63, 3.8) is 0 Å². The third-order valence-corrected chi connectivity index (χ3v) is 4.13. The van der Waals surface area contributed by atoms with Crippen molar-refractivity contribution in [2.24, 2.45) is 0 Å². The molecule has 2 rings (SSSR count). The number of rotatable bonds is 5. The monoisotopic (exact) mass is 351 g/mol. The lowest BCUT2D eigenvalue weighted by Gasteiger charge is -2.41. The van der Waals surface area contributed by atoms with E-state index in [9.17, 15) is 31.5 Å². The summed E-state index contributed by atoms with van der Waals surface area (Å²) >= 11 is 0. The second-order valence-electron chi connectivity index (χ2n) is 5.74. The third-order valence-electron chi connectivity index (χ3n) is 4.13. The van der Waals surface area contributed by atoms with Crippen LogP contribution in [-0.2, 0) is 15.0 Å². The van der Waals surface area contributed by atoms with Gasteiger partial charge in [0.2, 0.25) is 5.91 Å². The fourth-order valence-electron chi connectivity index (χ4n) is 2.75. The molecule has 24 heavy (non-hydrogen) atoms. The summed E-state index contributed by atoms with van der Waals surface area (Å²) in [4.78, 5) is 23.3. The maximum absolute atomic E-state index is 14.0. The molecule has 0 spiro atoms. The largest absolute Gasteiger partial charge is 0.480 e. The number of carboxylic acid groups (broad SMARTS) is 1. The zero-order valence-electron chi connectivity index (χ0n) is 12.3. The standard InChI is InChI=1S/C15H14F5NO3/c16-8-2-3-9(10(17)6-8)14(4-1-5-14)13(24)21-11(12(22)23)7-15(18,19)20/h2-3,6,11H,1,4-5,7H2,(H,21,24)(H,22,23). The van der Waals surface area contributed by atoms with E-state index >= 15 is 0 Å². The average molecular weight is 351 g/mol. The minimum Gasteiger partial charge on any atom is -0.480 e. The van der Waals surface area contributed by atoms with Crippen LogP contribution in [0.1, 0.15) is 31.2 Å². The van der Waals surface area contributed by atoms with Crippen molar-refractivity contribution in [3.8, 4) is 0 Å². The molecule has 132 valence electrons. The predicted molar refractivity (Wildman–Crippen MR) is 72.1 cm³/mol. The summed E-state index contributed by atoms with van der Waals surface area (Å²) in [6.07, 6.45) is -5.74. The number of carbonyl (C=O) groups is 2. The number of amides is 1. The summed E-state index contributed by atoms with van der Waals surface area (Å²) in [5, 5.41) is 10.7. The number of nitrogens with one attached hydrogen (secondary N) is 1. The first-order valence-corrected chi connectivity index (χ1v) is 7.11. The van der Waals surface area contributed by atoms with Crippen molar-refractivity contribution >= 4 is 11.9 Å². The number of halogens is 5. The van der Waals surface area contributed by atoms with Gasteiger partial charge in [-0.25, -0.2) is 13.6 Å². The van der Waals surface area contributed by atoms with E-state index in [0.717, 1.165) is 12.1 Å². The van der Waals surface area contributed by atoms with E-state index in [1.807, 2.05) is 5.32 Å². The SMILES string of the molecule is O=C(O)C(CC(F)(F)F)NC(=O)C1(c2ccc(F)cc2F)CCC1. The van der Waals surface area contributed by atoms with Crippen molar-refractivity contribution in [2.75, 3.05) is 0 Å². The Bertz CT molecular complexity index is 655. The molecule has 0 aromatic heterocycles. The summed E-state index contributed by atoms with van der Waals surface area (Å²) in [6.45, 7) is 0. The molecule has 0 radical (unpaired) electrons. The van der Waals surface area contributed by atoms with Crippen LogP contribution in [0.25, 0.3) is 0 Å². The molecule has 0 bridgehead atoms. The summed E-state index contributed by atoms with van der Waals surface area (Å²) in [5.41, 5.74) is -1.62. The molecule has 1 unspecified atom stereocenters. The van der Waals surface area contributed by atoms with Gasteiger partial charge in [-0.1, -0.05) is 12.5 Å². The molecule has 1 atom stereocenters. The Morgan fingerprint density at radius 3 is 2.29 bits per heavy atom. The molecule has 2 N–H and O–H groups in total. The zero-order chi connectivity index (χ0) is 18.1. The molecule has 1 aliphatic carbocycles. The van der Waals surface area contributed by atoms with Gasteiger partial charge in [0.15, 0.2) is 0 Å². The number of hydrogen-bond donors (Lipinski definition) is 2. The highest BCUT2D eigenvalue weighted by Crippen LogP contribution is 2.45. The van der Waals surface area contributed by atoms with Gasteiger partial charge < -0.3 is 10.4 Å². The molecule has 4 nitrogen and oxygen atoms in total. The van der Waals surface area contributed by atoms with Crippen molar-refractivity contribution in [2.45, 2.75) is 43.3 Å². The maximum atomic E-state index is 14.0. The summed E-state index contributed by atoms with van der Waals surface area (Å²) in [5.74, 6) is -4.69. The van der Waals surface area contributed by atoms with Crippen LogP contribution in [0.15, 0.2) is 18.2 Å². The maximum Gasteiger partial charge on any atom is 0.391 e. The van der Waals surface area contributed by atoms with Crippen LogP contribution in [0.3, 0.4) is 0 Å². The van der Waals surface area contributed by atoms with Gasteiger partial charge in [-0.2, -0.15) is 13.2 Å². The molecule has 0 heterocycles. The molecule has 1 aromatic rings. The number of carbonyl (C=O) groups excluding carboxylic acids is 1. The lowest BCUT2D eigenvalue weighted by Crippen LogP contribution is -2.55. The van der Waals surface area contributed by atoms with Crippen molar-refractivity contribution in [1.82, 2.24) is 5.32 Å². The average Bonchev–Trinajstić information content (AvgIpc) is 2.37. The molecule has 1 amide bonds. The second kappa shape index (κ2) is 6.37. The molecule has 1 aromatic carbocycles. The van der Waals surface area contributed by atoms with Gasteiger partial charge in [-0.3, -0.25) is 4.79 Å². The minimum atomic E-state index is -4.79. The van der Waals surface area contributed by atoms with E-state index < -0.39 is 47.6 Å². The van der Waals surface area contributed by atoms with Crippen molar-refractivity contribution in [3.05, 3.63) is 35.4 Å². The quantitative estimate of drug-likeness (QED) is 0.802. The number of benzene rings is 1. The normalized spacial score (nSPS) is 17.7. The van der Waals surface area contributed by atoms with Crippen LogP contribution >= 0.6 is 0 Å². The molecular formula is C15H14F5NO3. The van der Waals surface area contributed by atoms with E-state index in [-0.39, 0.29) is 18.4 Å². The van der Waals surface area contributed by atoms with E-state index in [1.165, 1.54) is 0 Å². The van der Waals surface area contributed by atoms with Crippen LogP contribution in [-0.4, -0.2) is 29.2 Å². The molecule has 1 aliphatic rings. The van der Waals surface area contributed by atoms with Crippen LogP contribution in [0, 0.1) is 11.6 Å². The Morgan fingerprint density at radius 2 is 1.88 bits per heavy atom. The van der Waals surface area contributed by atoms with Crippen LogP contribution in [0.5, 0.6) is 0 Å². The first-order chi connectivity index (χ1) is 11.0. The number of hydrogen-bond acceptors (Lipinski definition) is 2. The molecule has 1 saturated carbocycles. The second-order valence-corrected chi connectivity index (χ2v) is 5.74. The van der Waals surface area contributed by atoms with Crippen LogP contribution < -0.4 is 5.32 Å². The Hall–Kier alpha value is -2.19. The van der Waals surface area contributed by atoms with Gasteiger partial charge in [-0.15, -0.1) is 0 Å². The van der Waals surface area contributed by atoms with Gasteiger partial charge in [0, 0.05) is 11.6 Å². The Morgan fingerprint density at radius 1 is 1.25 bits per heavy atom. The Kier molecular flexibility index (Phi) is 4.82. The molecular weight excluding hydrogens is 337 g/mol. The molecule has 0 saturated heterocycles. The lowest BCUT2D eigenvalue weighted by atomic mass is 9.63. The summed E-state index contributed by atoms with van der Waals surface area (Å²) in [6, 6.07) is 0.407. The number of carboxylic acids is 1. The highest BCUT2D eigenvalue weighted by molar-refractivity contribution is 5.92. The first kappa shape index (κ1) is 18.2. The minimum absolute atomic E-state index is 0.139. The van der Waals surface area contributed by atoms with E-state index in [4.69, 9.17) is 5.11 Å². The molecule has 9 heteroatoms. The highest BCUT2D eigenvalue weighted by Gasteiger charge is 2.49. The smallest absolute Gasteiger partial charge is 0.391 e. The number of alkyl halides is 3. The summed E-state index contributed by atoms with van der Waals surface area (Å²) in [7, 11) is 0. The Labute approximate surface area is 133 Å². The van der Waals surface area contributed by atoms with Gasteiger partial charge in [0.25, 0.3) is 0 Å². The van der Waals surface area contributed by atoms with Crippen LogP contribution in [0.4, 0.5) is 22.0 Å². The Balaban J connectivity index is 2.26. The molecule has 1 fully saturated rings. The van der Waals surface area contributed by atoms with Gasteiger partial charge in [0.1, 0.15) is 17.7 Å². The zero-order valence-corrected chi connectivity index (χ0v) is 12.3. The van der Waals surface area contributed by atoms with E-state index in [2.05, 4.69) is 0 Å². The molecule has 0 aliphatic heterocycles. The van der Waals surface area contributed by atoms with Gasteiger partial charge >= 0.3 is 12.1 Å². The summed E-state index contributed by atoms with van der Waals surface area (Å²) < 4.78 is 64.3. The van der Waals surface area contributed by atoms with Crippen LogP contribution in [0.2, 0.25) is 0 Å². The van der Waals surface area contributed by atoms with Crippen molar-refractivity contribution in [1.29, 1.82) is 0 Å².